The van der Waals surface area contributed by atoms with Crippen molar-refractivity contribution in [1.29, 1.82) is 0 Å². The maximum atomic E-state index is 13.7. The summed E-state index contributed by atoms with van der Waals surface area (Å²) in [5.41, 5.74) is 1.46. The lowest BCUT2D eigenvalue weighted by atomic mass is 10.0. The lowest BCUT2D eigenvalue weighted by molar-refractivity contribution is 0.213. The maximum absolute atomic E-state index is 13.7. The lowest BCUT2D eigenvalue weighted by Gasteiger charge is -2.07. The van der Waals surface area contributed by atoms with Gasteiger partial charge in [-0.3, -0.25) is 4.98 Å². The molecule has 0 aliphatic rings. The van der Waals surface area contributed by atoms with E-state index in [4.69, 9.17) is 4.84 Å². The zero-order chi connectivity index (χ0) is 13.7. The van der Waals surface area contributed by atoms with Gasteiger partial charge in [-0.25, -0.2) is 8.78 Å². The van der Waals surface area contributed by atoms with Crippen molar-refractivity contribution in [2.24, 2.45) is 5.16 Å². The van der Waals surface area contributed by atoms with Gasteiger partial charge in [-0.05, 0) is 23.8 Å². The number of nitrogens with zero attached hydrogens (tertiary/aromatic N) is 2. The first-order chi connectivity index (χ1) is 9.20. The first-order valence-corrected chi connectivity index (χ1v) is 5.65. The van der Waals surface area contributed by atoms with E-state index in [1.807, 2.05) is 6.07 Å². The van der Waals surface area contributed by atoms with Crippen LogP contribution in [0, 0.1) is 11.6 Å². The molecule has 3 nitrogen and oxygen atoms in total. The number of halogens is 2. The molecule has 2 rings (SSSR count). The Morgan fingerprint density at radius 2 is 2.16 bits per heavy atom. The van der Waals surface area contributed by atoms with Gasteiger partial charge in [0.25, 0.3) is 0 Å². The summed E-state index contributed by atoms with van der Waals surface area (Å²) in [6.45, 7) is 0. The molecule has 1 aromatic carbocycles. The van der Waals surface area contributed by atoms with Crippen LogP contribution in [-0.4, -0.2) is 17.8 Å². The molecular weight excluding hydrogens is 250 g/mol. The fraction of sp³-hybridized carbons (Fsp3) is 0.143. The van der Waals surface area contributed by atoms with Gasteiger partial charge in [0.15, 0.2) is 0 Å². The summed E-state index contributed by atoms with van der Waals surface area (Å²) in [4.78, 5) is 8.70. The van der Waals surface area contributed by atoms with Crippen LogP contribution in [0.4, 0.5) is 8.78 Å². The Labute approximate surface area is 109 Å². The second-order valence-corrected chi connectivity index (χ2v) is 3.88. The van der Waals surface area contributed by atoms with E-state index in [1.54, 1.807) is 18.5 Å². The highest BCUT2D eigenvalue weighted by Gasteiger charge is 2.12. The minimum Gasteiger partial charge on any atom is -0.399 e. The van der Waals surface area contributed by atoms with Crippen LogP contribution in [-0.2, 0) is 11.3 Å². The fourth-order valence-electron chi connectivity index (χ4n) is 1.71. The van der Waals surface area contributed by atoms with Crippen LogP contribution in [0.2, 0.25) is 0 Å². The molecular formula is C14H12F2N2O. The summed E-state index contributed by atoms with van der Waals surface area (Å²) >= 11 is 0. The number of aromatic nitrogens is 1. The molecule has 0 N–H and O–H groups in total. The molecule has 98 valence electrons. The van der Waals surface area contributed by atoms with Gasteiger partial charge < -0.3 is 4.84 Å². The number of hydrogen-bond donors (Lipinski definition) is 0. The minimum atomic E-state index is -0.667. The van der Waals surface area contributed by atoms with Gasteiger partial charge in [-0.2, -0.15) is 0 Å². The van der Waals surface area contributed by atoms with Crippen molar-refractivity contribution >= 4 is 5.71 Å². The van der Waals surface area contributed by atoms with Gasteiger partial charge in [0.05, 0.1) is 5.71 Å². The van der Waals surface area contributed by atoms with Crippen molar-refractivity contribution in [2.45, 2.75) is 6.42 Å². The number of oxime groups is 1. The maximum Gasteiger partial charge on any atom is 0.135 e. The highest BCUT2D eigenvalue weighted by molar-refractivity contribution is 6.01. The summed E-state index contributed by atoms with van der Waals surface area (Å²) in [7, 11) is 1.38. The first kappa shape index (κ1) is 13.1. The molecule has 0 radical (unpaired) electrons. The summed E-state index contributed by atoms with van der Waals surface area (Å²) < 4.78 is 26.6. The van der Waals surface area contributed by atoms with Crippen LogP contribution in [0.1, 0.15) is 11.1 Å². The highest BCUT2D eigenvalue weighted by atomic mass is 19.1. The van der Waals surface area contributed by atoms with E-state index >= 15 is 0 Å². The molecule has 1 heterocycles. The Kier molecular flexibility index (Phi) is 4.18. The average Bonchev–Trinajstić information content (AvgIpc) is 2.39. The zero-order valence-electron chi connectivity index (χ0n) is 10.3. The second kappa shape index (κ2) is 6.04. The number of rotatable bonds is 4. The summed E-state index contributed by atoms with van der Waals surface area (Å²) in [6, 6.07) is 6.98. The predicted molar refractivity (Wildman–Crippen MR) is 67.8 cm³/mol. The molecule has 0 amide bonds. The quantitative estimate of drug-likeness (QED) is 0.627. The van der Waals surface area contributed by atoms with E-state index in [1.165, 1.54) is 19.2 Å². The van der Waals surface area contributed by atoms with Crippen LogP contribution in [0.3, 0.4) is 0 Å². The van der Waals surface area contributed by atoms with Crippen molar-refractivity contribution in [2.75, 3.05) is 7.11 Å². The lowest BCUT2D eigenvalue weighted by Crippen LogP contribution is -2.09. The molecule has 0 unspecified atom stereocenters. The Morgan fingerprint density at radius 3 is 2.79 bits per heavy atom. The Hall–Kier alpha value is -2.30. The van der Waals surface area contributed by atoms with Gasteiger partial charge in [-0.1, -0.05) is 11.2 Å². The second-order valence-electron chi connectivity index (χ2n) is 3.88. The third kappa shape index (κ3) is 3.34. The van der Waals surface area contributed by atoms with Crippen molar-refractivity contribution in [3.05, 3.63) is 65.5 Å². The van der Waals surface area contributed by atoms with Crippen molar-refractivity contribution in [3.63, 3.8) is 0 Å². The normalized spacial score (nSPS) is 11.4. The molecule has 0 aliphatic heterocycles. The molecule has 0 spiro atoms. The highest BCUT2D eigenvalue weighted by Crippen LogP contribution is 2.14. The predicted octanol–water partition coefficient (Wildman–Crippen LogP) is 2.95. The fourth-order valence-corrected chi connectivity index (χ4v) is 1.71. The monoisotopic (exact) mass is 262 g/mol. The Balaban J connectivity index is 2.33. The van der Waals surface area contributed by atoms with Gasteiger partial charge >= 0.3 is 0 Å². The topological polar surface area (TPSA) is 34.5 Å². The Morgan fingerprint density at radius 1 is 1.32 bits per heavy atom. The molecule has 19 heavy (non-hydrogen) atoms. The zero-order valence-corrected chi connectivity index (χ0v) is 10.3. The smallest absolute Gasteiger partial charge is 0.135 e. The van der Waals surface area contributed by atoms with Crippen LogP contribution in [0.15, 0.2) is 47.9 Å². The SMILES string of the molecule is CON=C(Cc1cccnc1)c1ccc(F)cc1F. The van der Waals surface area contributed by atoms with Crippen molar-refractivity contribution < 1.29 is 13.6 Å². The van der Waals surface area contributed by atoms with Crippen LogP contribution in [0.5, 0.6) is 0 Å². The summed E-state index contributed by atoms with van der Waals surface area (Å²) in [6.07, 6.45) is 3.66. The molecule has 5 heteroatoms. The molecule has 0 aliphatic carbocycles. The van der Waals surface area contributed by atoms with Gasteiger partial charge in [0.1, 0.15) is 18.7 Å². The molecule has 1 aromatic heterocycles. The molecule has 0 bridgehead atoms. The van der Waals surface area contributed by atoms with Crippen molar-refractivity contribution in [1.82, 2.24) is 4.98 Å². The Bertz CT molecular complexity index is 585. The van der Waals surface area contributed by atoms with Gasteiger partial charge in [0, 0.05) is 30.4 Å². The molecule has 0 saturated carbocycles. The third-order valence-corrected chi connectivity index (χ3v) is 2.54. The van der Waals surface area contributed by atoms with Crippen LogP contribution < -0.4 is 0 Å². The third-order valence-electron chi connectivity index (χ3n) is 2.54. The molecule has 0 fully saturated rings. The van der Waals surface area contributed by atoms with Crippen LogP contribution in [0.25, 0.3) is 0 Å². The minimum absolute atomic E-state index is 0.215. The molecule has 0 atom stereocenters. The number of pyridine rings is 1. The van der Waals surface area contributed by atoms with Gasteiger partial charge in [-0.15, -0.1) is 0 Å². The standard InChI is InChI=1S/C14H12F2N2O/c1-19-18-14(7-10-3-2-6-17-9-10)12-5-4-11(15)8-13(12)16/h2-6,8-9H,7H2,1H3. The van der Waals surface area contributed by atoms with E-state index in [0.29, 0.717) is 12.1 Å². The summed E-state index contributed by atoms with van der Waals surface area (Å²) in [5, 5.41) is 3.81. The van der Waals surface area contributed by atoms with E-state index in [9.17, 15) is 8.78 Å². The average molecular weight is 262 g/mol. The number of hydrogen-bond acceptors (Lipinski definition) is 3. The molecule has 0 saturated heterocycles. The number of benzene rings is 1. The van der Waals surface area contributed by atoms with E-state index in [0.717, 1.165) is 11.6 Å². The van der Waals surface area contributed by atoms with Gasteiger partial charge in [0.2, 0.25) is 0 Å². The van der Waals surface area contributed by atoms with Crippen LogP contribution >= 0.6 is 0 Å². The first-order valence-electron chi connectivity index (χ1n) is 5.65. The summed E-state index contributed by atoms with van der Waals surface area (Å²) in [5.74, 6) is -1.29. The van der Waals surface area contributed by atoms with E-state index in [-0.39, 0.29) is 5.56 Å². The van der Waals surface area contributed by atoms with E-state index < -0.39 is 11.6 Å². The molecule has 2 aromatic rings. The van der Waals surface area contributed by atoms with E-state index in [2.05, 4.69) is 10.1 Å². The largest absolute Gasteiger partial charge is 0.399 e. The van der Waals surface area contributed by atoms with Crippen molar-refractivity contribution in [3.8, 4) is 0 Å².